The van der Waals surface area contributed by atoms with Crippen molar-refractivity contribution >= 4 is 0 Å². The predicted octanol–water partition coefficient (Wildman–Crippen LogP) is 6.78. The van der Waals surface area contributed by atoms with Gasteiger partial charge < -0.3 is 0 Å². The highest BCUT2D eigenvalue weighted by molar-refractivity contribution is 5.25. The molecule has 0 N–H and O–H groups in total. The average Bonchev–Trinajstić information content (AvgIpc) is 2.69. The summed E-state index contributed by atoms with van der Waals surface area (Å²) in [5, 5.41) is 0. The maximum atomic E-state index is 13.4. The number of halogens is 1. The third kappa shape index (κ3) is 6.27. The summed E-state index contributed by atoms with van der Waals surface area (Å²) < 4.78 is 13.4. The van der Waals surface area contributed by atoms with E-state index in [4.69, 9.17) is 0 Å². The number of hydrogen-bond donors (Lipinski definition) is 0. The maximum Gasteiger partial charge on any atom is 0.123 e. The zero-order valence-corrected chi connectivity index (χ0v) is 18.5. The summed E-state index contributed by atoms with van der Waals surface area (Å²) in [6.45, 7) is 11.3. The summed E-state index contributed by atoms with van der Waals surface area (Å²) in [6.07, 6.45) is 7.21. The van der Waals surface area contributed by atoms with E-state index in [0.717, 1.165) is 25.4 Å². The summed E-state index contributed by atoms with van der Waals surface area (Å²) in [6, 6.07) is 18.4. The van der Waals surface area contributed by atoms with Gasteiger partial charge in [0.05, 0.1) is 0 Å². The Kier molecular flexibility index (Phi) is 7.29. The summed E-state index contributed by atoms with van der Waals surface area (Å²) in [5.41, 5.74) is 4.05. The first-order chi connectivity index (χ1) is 13.8. The highest BCUT2D eigenvalue weighted by atomic mass is 19.1. The van der Waals surface area contributed by atoms with Gasteiger partial charge >= 0.3 is 0 Å². The first-order valence-electron chi connectivity index (χ1n) is 11.0. The van der Waals surface area contributed by atoms with Crippen LogP contribution in [0.5, 0.6) is 0 Å². The van der Waals surface area contributed by atoms with Crippen LogP contribution in [0.15, 0.2) is 66.2 Å². The summed E-state index contributed by atoms with van der Waals surface area (Å²) in [7, 11) is 0. The van der Waals surface area contributed by atoms with Gasteiger partial charge in [0.1, 0.15) is 5.82 Å². The van der Waals surface area contributed by atoms with Crippen LogP contribution < -0.4 is 0 Å². The molecule has 0 spiro atoms. The SMILES string of the molecule is CC(C)=CC(CC(C)(C)c1ccc(F)cc1)N1CCC(Cc2ccccc2)CC1. The Morgan fingerprint density at radius 3 is 2.24 bits per heavy atom. The molecule has 1 heterocycles. The van der Waals surface area contributed by atoms with Crippen molar-refractivity contribution in [1.82, 2.24) is 4.90 Å². The van der Waals surface area contributed by atoms with Gasteiger partial charge in [0.2, 0.25) is 0 Å². The fourth-order valence-electron chi connectivity index (χ4n) is 4.66. The summed E-state index contributed by atoms with van der Waals surface area (Å²) in [4.78, 5) is 2.67. The molecule has 1 aliphatic rings. The normalized spacial score (nSPS) is 17.1. The van der Waals surface area contributed by atoms with Gasteiger partial charge in [0, 0.05) is 6.04 Å². The Morgan fingerprint density at radius 2 is 1.66 bits per heavy atom. The molecule has 2 aromatic carbocycles. The van der Waals surface area contributed by atoms with Crippen LogP contribution in [0.1, 0.15) is 58.1 Å². The minimum absolute atomic E-state index is 0.00516. The topological polar surface area (TPSA) is 3.24 Å². The van der Waals surface area contributed by atoms with Crippen molar-refractivity contribution in [3.05, 3.63) is 83.2 Å². The third-order valence-electron chi connectivity index (χ3n) is 6.36. The van der Waals surface area contributed by atoms with Crippen LogP contribution in [0.2, 0.25) is 0 Å². The fraction of sp³-hybridized carbons (Fsp3) is 0.481. The molecule has 0 amide bonds. The van der Waals surface area contributed by atoms with Gasteiger partial charge in [-0.3, -0.25) is 4.90 Å². The van der Waals surface area contributed by atoms with Crippen LogP contribution in [-0.2, 0) is 11.8 Å². The van der Waals surface area contributed by atoms with Crippen LogP contribution >= 0.6 is 0 Å². The monoisotopic (exact) mass is 393 g/mol. The van der Waals surface area contributed by atoms with Crippen molar-refractivity contribution in [2.75, 3.05) is 13.1 Å². The number of benzene rings is 2. The Balaban J connectivity index is 1.65. The molecule has 2 heteroatoms. The van der Waals surface area contributed by atoms with Crippen molar-refractivity contribution in [3.63, 3.8) is 0 Å². The van der Waals surface area contributed by atoms with Crippen molar-refractivity contribution < 1.29 is 4.39 Å². The molecule has 0 radical (unpaired) electrons. The van der Waals surface area contributed by atoms with Crippen molar-refractivity contribution in [2.45, 2.75) is 64.8 Å². The van der Waals surface area contributed by atoms with E-state index in [1.54, 1.807) is 12.1 Å². The quantitative estimate of drug-likeness (QED) is 0.468. The van der Waals surface area contributed by atoms with Crippen molar-refractivity contribution in [2.24, 2.45) is 5.92 Å². The molecule has 1 fully saturated rings. The summed E-state index contributed by atoms with van der Waals surface area (Å²) in [5.74, 6) is 0.622. The zero-order valence-electron chi connectivity index (χ0n) is 18.5. The molecule has 1 unspecified atom stereocenters. The molecule has 1 nitrogen and oxygen atoms in total. The van der Waals surface area contributed by atoms with Crippen molar-refractivity contribution in [3.8, 4) is 0 Å². The van der Waals surface area contributed by atoms with Crippen molar-refractivity contribution in [1.29, 1.82) is 0 Å². The molecule has 0 saturated carbocycles. The van der Waals surface area contributed by atoms with Crippen LogP contribution in [0.4, 0.5) is 4.39 Å². The van der Waals surface area contributed by atoms with E-state index in [2.05, 4.69) is 69.0 Å². The highest BCUT2D eigenvalue weighted by Crippen LogP contribution is 2.33. The Labute approximate surface area is 176 Å². The lowest BCUT2D eigenvalue weighted by atomic mass is 9.78. The molecule has 156 valence electrons. The first-order valence-corrected chi connectivity index (χ1v) is 11.0. The van der Waals surface area contributed by atoms with E-state index in [1.165, 1.54) is 36.0 Å². The van der Waals surface area contributed by atoms with E-state index in [0.29, 0.717) is 6.04 Å². The lowest BCUT2D eigenvalue weighted by Crippen LogP contribution is -2.43. The van der Waals surface area contributed by atoms with Crippen LogP contribution in [0, 0.1) is 11.7 Å². The van der Waals surface area contributed by atoms with E-state index in [-0.39, 0.29) is 11.2 Å². The molecule has 1 aliphatic heterocycles. The second-order valence-electron chi connectivity index (χ2n) is 9.58. The van der Waals surface area contributed by atoms with Crippen LogP contribution in [0.3, 0.4) is 0 Å². The molecular weight excluding hydrogens is 357 g/mol. The molecular formula is C27H36FN. The molecule has 1 atom stereocenters. The smallest absolute Gasteiger partial charge is 0.123 e. The van der Waals surface area contributed by atoms with E-state index >= 15 is 0 Å². The molecule has 1 saturated heterocycles. The molecule has 0 aliphatic carbocycles. The van der Waals surface area contributed by atoms with Crippen LogP contribution in [-0.4, -0.2) is 24.0 Å². The molecule has 0 bridgehead atoms. The number of hydrogen-bond acceptors (Lipinski definition) is 1. The Morgan fingerprint density at radius 1 is 1.03 bits per heavy atom. The molecule has 3 rings (SSSR count). The number of rotatable bonds is 7. The van der Waals surface area contributed by atoms with Gasteiger partial charge in [0.15, 0.2) is 0 Å². The average molecular weight is 394 g/mol. The van der Waals surface area contributed by atoms with Crippen LogP contribution in [0.25, 0.3) is 0 Å². The predicted molar refractivity (Wildman–Crippen MR) is 122 cm³/mol. The molecule has 29 heavy (non-hydrogen) atoms. The van der Waals surface area contributed by atoms with Gasteiger partial charge in [0.25, 0.3) is 0 Å². The zero-order chi connectivity index (χ0) is 20.9. The van der Waals surface area contributed by atoms with E-state index in [1.807, 2.05) is 12.1 Å². The minimum atomic E-state index is -0.161. The first kappa shape index (κ1) is 21.8. The molecule has 0 aromatic heterocycles. The second kappa shape index (κ2) is 9.71. The van der Waals surface area contributed by atoms with Gasteiger partial charge in [-0.05, 0) is 87.2 Å². The lowest BCUT2D eigenvalue weighted by Gasteiger charge is -2.40. The number of likely N-dealkylation sites (tertiary alicyclic amines) is 1. The van der Waals surface area contributed by atoms with Gasteiger partial charge in [-0.25, -0.2) is 4.39 Å². The number of allylic oxidation sites excluding steroid dienone is 1. The van der Waals surface area contributed by atoms with E-state index < -0.39 is 0 Å². The number of nitrogens with zero attached hydrogens (tertiary/aromatic N) is 1. The van der Waals surface area contributed by atoms with E-state index in [9.17, 15) is 4.39 Å². The fourth-order valence-corrected chi connectivity index (χ4v) is 4.66. The largest absolute Gasteiger partial charge is 0.297 e. The summed E-state index contributed by atoms with van der Waals surface area (Å²) >= 11 is 0. The maximum absolute atomic E-state index is 13.4. The second-order valence-corrected chi connectivity index (χ2v) is 9.58. The van der Waals surface area contributed by atoms with Gasteiger partial charge in [-0.1, -0.05) is 68.0 Å². The third-order valence-corrected chi connectivity index (χ3v) is 6.36. The van der Waals surface area contributed by atoms with Gasteiger partial charge in [-0.15, -0.1) is 0 Å². The van der Waals surface area contributed by atoms with Gasteiger partial charge in [-0.2, -0.15) is 0 Å². The Bertz CT molecular complexity index is 779. The Hall–Kier alpha value is -1.93. The molecule has 2 aromatic rings. The minimum Gasteiger partial charge on any atom is -0.297 e. The lowest BCUT2D eigenvalue weighted by molar-refractivity contribution is 0.136. The standard InChI is InChI=1S/C27H36FN/c1-21(2)18-26(20-27(3,4)24-10-12-25(28)13-11-24)29-16-14-23(15-17-29)19-22-8-6-5-7-9-22/h5-13,18,23,26H,14-17,19-20H2,1-4H3. The highest BCUT2D eigenvalue weighted by Gasteiger charge is 2.30. The number of piperidine rings is 1.